The highest BCUT2D eigenvalue weighted by atomic mass is 16.5. The summed E-state index contributed by atoms with van der Waals surface area (Å²) in [7, 11) is 0. The fourth-order valence-corrected chi connectivity index (χ4v) is 2.47. The zero-order valence-corrected chi connectivity index (χ0v) is 10.1. The van der Waals surface area contributed by atoms with Gasteiger partial charge in [0.25, 0.3) is 0 Å². The van der Waals surface area contributed by atoms with E-state index in [-0.39, 0.29) is 17.4 Å². The van der Waals surface area contributed by atoms with Gasteiger partial charge in [0.05, 0.1) is 0 Å². The molecule has 4 nitrogen and oxygen atoms in total. The molecule has 16 heavy (non-hydrogen) atoms. The highest BCUT2D eigenvalue weighted by Gasteiger charge is 2.29. The summed E-state index contributed by atoms with van der Waals surface area (Å²) in [6, 6.07) is 0. The van der Waals surface area contributed by atoms with E-state index in [9.17, 15) is 4.79 Å². The number of rotatable bonds is 3. The second kappa shape index (κ2) is 5.15. The Balaban J connectivity index is 1.75. The molecule has 0 radical (unpaired) electrons. The van der Waals surface area contributed by atoms with E-state index in [1.165, 1.54) is 12.8 Å². The summed E-state index contributed by atoms with van der Waals surface area (Å²) < 4.78 is 5.36. The fourth-order valence-electron chi connectivity index (χ4n) is 2.47. The number of hydrogen-bond donors (Lipinski definition) is 2. The van der Waals surface area contributed by atoms with E-state index in [4.69, 9.17) is 4.74 Å². The van der Waals surface area contributed by atoms with Gasteiger partial charge >= 0.3 is 0 Å². The van der Waals surface area contributed by atoms with Gasteiger partial charge in [-0.2, -0.15) is 0 Å². The molecule has 2 heterocycles. The number of carbonyl (C=O) groups excluding carboxylic acids is 1. The van der Waals surface area contributed by atoms with Gasteiger partial charge in [0.2, 0.25) is 5.91 Å². The van der Waals surface area contributed by atoms with Crippen LogP contribution in [0, 0.1) is 5.41 Å². The molecule has 2 saturated heterocycles. The number of nitrogens with one attached hydrogen (secondary N) is 2. The van der Waals surface area contributed by atoms with Crippen molar-refractivity contribution in [3.63, 3.8) is 0 Å². The molecule has 1 amide bonds. The van der Waals surface area contributed by atoms with Crippen LogP contribution in [-0.4, -0.2) is 38.3 Å². The Kier molecular flexibility index (Phi) is 3.82. The normalized spacial score (nSPS) is 34.9. The number of amides is 1. The molecule has 4 heteroatoms. The maximum Gasteiger partial charge on any atom is 0.249 e. The molecule has 0 aromatic rings. The Morgan fingerprint density at radius 2 is 2.44 bits per heavy atom. The lowest BCUT2D eigenvalue weighted by Crippen LogP contribution is -2.47. The van der Waals surface area contributed by atoms with Crippen molar-refractivity contribution in [1.29, 1.82) is 0 Å². The average molecular weight is 226 g/mol. The van der Waals surface area contributed by atoms with Crippen molar-refractivity contribution in [2.45, 2.75) is 38.7 Å². The second-order valence-electron chi connectivity index (χ2n) is 5.31. The summed E-state index contributed by atoms with van der Waals surface area (Å²) in [6.07, 6.45) is 4.08. The lowest BCUT2D eigenvalue weighted by molar-refractivity contribution is -0.130. The molecule has 0 bridgehead atoms. The molecule has 2 fully saturated rings. The average Bonchev–Trinajstić information content (AvgIpc) is 2.80. The largest absolute Gasteiger partial charge is 0.368 e. The molecule has 0 saturated carbocycles. The van der Waals surface area contributed by atoms with Crippen molar-refractivity contribution in [2.24, 2.45) is 5.41 Å². The molecule has 0 aromatic heterocycles. The summed E-state index contributed by atoms with van der Waals surface area (Å²) in [6.45, 7) is 5.83. The van der Waals surface area contributed by atoms with Crippen molar-refractivity contribution in [3.05, 3.63) is 0 Å². The van der Waals surface area contributed by atoms with E-state index in [0.29, 0.717) is 0 Å². The van der Waals surface area contributed by atoms with Gasteiger partial charge in [-0.05, 0) is 37.6 Å². The zero-order valence-electron chi connectivity index (χ0n) is 10.1. The fraction of sp³-hybridized carbons (Fsp3) is 0.917. The molecule has 0 spiro atoms. The van der Waals surface area contributed by atoms with Crippen LogP contribution >= 0.6 is 0 Å². The van der Waals surface area contributed by atoms with E-state index in [1.54, 1.807) is 0 Å². The zero-order chi connectivity index (χ0) is 11.4. The molecule has 92 valence electrons. The highest BCUT2D eigenvalue weighted by Crippen LogP contribution is 2.24. The first-order chi connectivity index (χ1) is 7.70. The summed E-state index contributed by atoms with van der Waals surface area (Å²) in [5.41, 5.74) is 0.215. The minimum atomic E-state index is -0.194. The first-order valence-electron chi connectivity index (χ1n) is 6.30. The molecule has 2 atom stereocenters. The molecule has 2 N–H and O–H groups in total. The summed E-state index contributed by atoms with van der Waals surface area (Å²) in [4.78, 5) is 11.8. The Bertz CT molecular complexity index is 243. The van der Waals surface area contributed by atoms with E-state index >= 15 is 0 Å². The summed E-state index contributed by atoms with van der Waals surface area (Å²) in [5.74, 6) is 0.0734. The van der Waals surface area contributed by atoms with Gasteiger partial charge in [-0.15, -0.1) is 0 Å². The van der Waals surface area contributed by atoms with E-state index in [1.807, 2.05) is 0 Å². The van der Waals surface area contributed by atoms with Crippen molar-refractivity contribution < 1.29 is 9.53 Å². The van der Waals surface area contributed by atoms with Gasteiger partial charge in [-0.25, -0.2) is 0 Å². The van der Waals surface area contributed by atoms with Gasteiger partial charge in [0.1, 0.15) is 6.10 Å². The van der Waals surface area contributed by atoms with Crippen LogP contribution < -0.4 is 10.6 Å². The van der Waals surface area contributed by atoms with Crippen LogP contribution in [0.15, 0.2) is 0 Å². The number of carbonyl (C=O) groups is 1. The second-order valence-corrected chi connectivity index (χ2v) is 5.31. The van der Waals surface area contributed by atoms with Crippen molar-refractivity contribution in [3.8, 4) is 0 Å². The maximum atomic E-state index is 11.8. The van der Waals surface area contributed by atoms with Crippen molar-refractivity contribution >= 4 is 5.91 Å². The Hall–Kier alpha value is -0.610. The van der Waals surface area contributed by atoms with Crippen LogP contribution in [0.25, 0.3) is 0 Å². The van der Waals surface area contributed by atoms with Crippen molar-refractivity contribution in [2.75, 3.05) is 26.2 Å². The molecular formula is C12H22N2O2. The first-order valence-corrected chi connectivity index (χ1v) is 6.30. The monoisotopic (exact) mass is 226 g/mol. The number of hydrogen-bond acceptors (Lipinski definition) is 3. The van der Waals surface area contributed by atoms with Crippen LogP contribution in [0.3, 0.4) is 0 Å². The third-order valence-electron chi connectivity index (χ3n) is 3.60. The van der Waals surface area contributed by atoms with Gasteiger partial charge in [0.15, 0.2) is 0 Å². The Morgan fingerprint density at radius 3 is 3.06 bits per heavy atom. The number of ether oxygens (including phenoxy) is 1. The van der Waals surface area contributed by atoms with Crippen LogP contribution in [0.2, 0.25) is 0 Å². The first kappa shape index (κ1) is 11.9. The standard InChI is InChI=1S/C12H22N2O2/c1-12(5-3-6-13-8-12)9-14-11(15)10-4-2-7-16-10/h10,13H,2-9H2,1H3,(H,14,15). The third-order valence-corrected chi connectivity index (χ3v) is 3.60. The van der Waals surface area contributed by atoms with Crippen molar-refractivity contribution in [1.82, 2.24) is 10.6 Å². The number of piperidine rings is 1. The van der Waals surface area contributed by atoms with Crippen LogP contribution in [0.4, 0.5) is 0 Å². The predicted molar refractivity (Wildman–Crippen MR) is 62.2 cm³/mol. The summed E-state index contributed by atoms with van der Waals surface area (Å²) >= 11 is 0. The van der Waals surface area contributed by atoms with E-state index in [0.717, 1.165) is 39.1 Å². The maximum absolute atomic E-state index is 11.8. The van der Waals surface area contributed by atoms with Crippen LogP contribution in [0.1, 0.15) is 32.6 Å². The Labute approximate surface area is 97.1 Å². The third kappa shape index (κ3) is 2.95. The Morgan fingerprint density at radius 1 is 1.56 bits per heavy atom. The minimum absolute atomic E-state index is 0.0734. The lowest BCUT2D eigenvalue weighted by Gasteiger charge is -2.34. The minimum Gasteiger partial charge on any atom is -0.368 e. The molecule has 0 aromatic carbocycles. The van der Waals surface area contributed by atoms with Gasteiger partial charge in [-0.3, -0.25) is 4.79 Å². The molecule has 2 aliphatic rings. The van der Waals surface area contributed by atoms with Gasteiger partial charge in [0, 0.05) is 19.7 Å². The van der Waals surface area contributed by atoms with Gasteiger partial charge in [-0.1, -0.05) is 6.92 Å². The molecule has 2 unspecified atom stereocenters. The topological polar surface area (TPSA) is 50.4 Å². The molecule has 0 aliphatic carbocycles. The van der Waals surface area contributed by atoms with E-state index in [2.05, 4.69) is 17.6 Å². The highest BCUT2D eigenvalue weighted by molar-refractivity contribution is 5.80. The van der Waals surface area contributed by atoms with Gasteiger partial charge < -0.3 is 15.4 Å². The van der Waals surface area contributed by atoms with Crippen LogP contribution in [0.5, 0.6) is 0 Å². The molecular weight excluding hydrogens is 204 g/mol. The smallest absolute Gasteiger partial charge is 0.249 e. The quantitative estimate of drug-likeness (QED) is 0.743. The van der Waals surface area contributed by atoms with Crippen LogP contribution in [-0.2, 0) is 9.53 Å². The lowest BCUT2D eigenvalue weighted by atomic mass is 9.83. The summed E-state index contributed by atoms with van der Waals surface area (Å²) in [5, 5.41) is 6.42. The molecule has 2 rings (SSSR count). The molecule has 2 aliphatic heterocycles. The predicted octanol–water partition coefficient (Wildman–Crippen LogP) is 0.671. The SMILES string of the molecule is CC1(CNC(=O)C2CCCO2)CCCNC1. The van der Waals surface area contributed by atoms with E-state index < -0.39 is 0 Å².